The van der Waals surface area contributed by atoms with Gasteiger partial charge in [0.15, 0.2) is 16.7 Å². The van der Waals surface area contributed by atoms with E-state index >= 15 is 0 Å². The lowest BCUT2D eigenvalue weighted by Gasteiger charge is -2.14. The summed E-state index contributed by atoms with van der Waals surface area (Å²) in [6, 6.07) is 3.43. The Bertz CT molecular complexity index is 682. The summed E-state index contributed by atoms with van der Waals surface area (Å²) in [5.41, 5.74) is 0.773. The zero-order valence-corrected chi connectivity index (χ0v) is 14.4. The molecule has 1 N–H and O–H groups in total. The van der Waals surface area contributed by atoms with Crippen LogP contribution in [0.1, 0.15) is 18.4 Å². The van der Waals surface area contributed by atoms with Crippen molar-refractivity contribution in [2.45, 2.75) is 12.8 Å². The topological polar surface area (TPSA) is 62.1 Å². The van der Waals surface area contributed by atoms with Crippen LogP contribution in [0.25, 0.3) is 6.08 Å². The predicted octanol–water partition coefficient (Wildman–Crippen LogP) is 3.23. The number of thioether (sulfide) groups is 1. The predicted molar refractivity (Wildman–Crippen MR) is 91.2 cm³/mol. The molecule has 1 fully saturated rings. The Balaban J connectivity index is 1.84. The lowest BCUT2D eigenvalue weighted by molar-refractivity contribution is -0.113. The first-order valence-electron chi connectivity index (χ1n) is 6.92. The smallest absolute Gasteiger partial charge is 0.286 e. The number of aromatic hydroxyl groups is 1. The number of nitrogens with zero attached hydrogens (tertiary/aromatic N) is 2. The Hall–Kier alpha value is -1.47. The highest BCUT2D eigenvalue weighted by molar-refractivity contribution is 9.10. The molecule has 5 nitrogen and oxygen atoms in total. The molecule has 0 radical (unpaired) electrons. The molecule has 7 heteroatoms. The molecule has 2 aliphatic heterocycles. The quantitative estimate of drug-likeness (QED) is 0.795. The van der Waals surface area contributed by atoms with E-state index in [2.05, 4.69) is 25.8 Å². The Morgan fingerprint density at radius 1 is 1.41 bits per heavy atom. The summed E-state index contributed by atoms with van der Waals surface area (Å²) < 4.78 is 5.65. The molecule has 0 aliphatic carbocycles. The van der Waals surface area contributed by atoms with E-state index in [1.54, 1.807) is 18.2 Å². The third kappa shape index (κ3) is 3.01. The normalized spacial score (nSPS) is 19.9. The zero-order chi connectivity index (χ0) is 15.7. The van der Waals surface area contributed by atoms with Gasteiger partial charge in [-0.25, -0.2) is 0 Å². The van der Waals surface area contributed by atoms with Crippen molar-refractivity contribution < 1.29 is 14.6 Å². The van der Waals surface area contributed by atoms with E-state index in [0.29, 0.717) is 15.1 Å². The van der Waals surface area contributed by atoms with Gasteiger partial charge in [0.1, 0.15) is 0 Å². The van der Waals surface area contributed by atoms with Crippen LogP contribution in [0.4, 0.5) is 0 Å². The number of phenols is 1. The molecule has 0 saturated carbocycles. The van der Waals surface area contributed by atoms with Crippen LogP contribution in [-0.4, -0.2) is 41.3 Å². The average molecular weight is 383 g/mol. The molecular formula is C15H15BrN2O3S. The van der Waals surface area contributed by atoms with Crippen LogP contribution in [0.3, 0.4) is 0 Å². The minimum absolute atomic E-state index is 0.0454. The molecule has 2 heterocycles. The summed E-state index contributed by atoms with van der Waals surface area (Å²) in [6.45, 7) is 1.93. The zero-order valence-electron chi connectivity index (χ0n) is 12.0. The van der Waals surface area contributed by atoms with Crippen molar-refractivity contribution in [2.75, 3.05) is 20.2 Å². The number of amidine groups is 1. The van der Waals surface area contributed by atoms with Crippen LogP contribution in [0.5, 0.6) is 11.5 Å². The molecule has 0 bridgehead atoms. The van der Waals surface area contributed by atoms with Gasteiger partial charge in [-0.15, -0.1) is 0 Å². The Labute approximate surface area is 141 Å². The number of hydrogen-bond donors (Lipinski definition) is 1. The highest BCUT2D eigenvalue weighted by Gasteiger charge is 2.27. The number of rotatable bonds is 2. The molecule has 2 aliphatic rings. The maximum absolute atomic E-state index is 12.1. The number of amides is 1. The van der Waals surface area contributed by atoms with Gasteiger partial charge in [0.2, 0.25) is 0 Å². The van der Waals surface area contributed by atoms with Crippen molar-refractivity contribution in [3.05, 3.63) is 27.1 Å². The molecule has 1 amide bonds. The maximum Gasteiger partial charge on any atom is 0.286 e. The highest BCUT2D eigenvalue weighted by atomic mass is 79.9. The van der Waals surface area contributed by atoms with Crippen molar-refractivity contribution in [1.29, 1.82) is 0 Å². The second-order valence-electron chi connectivity index (χ2n) is 5.06. The van der Waals surface area contributed by atoms with Gasteiger partial charge in [-0.05, 0) is 64.3 Å². The number of phenolic OH excluding ortho intramolecular Hbond substituents is 1. The third-order valence-electron chi connectivity index (χ3n) is 3.55. The summed E-state index contributed by atoms with van der Waals surface area (Å²) >= 11 is 4.68. The van der Waals surface area contributed by atoms with Gasteiger partial charge in [0.05, 0.1) is 16.5 Å². The number of benzene rings is 1. The lowest BCUT2D eigenvalue weighted by Crippen LogP contribution is -2.23. The van der Waals surface area contributed by atoms with Crippen LogP contribution in [0, 0.1) is 0 Å². The van der Waals surface area contributed by atoms with Gasteiger partial charge < -0.3 is 14.7 Å². The summed E-state index contributed by atoms with van der Waals surface area (Å²) in [6.07, 6.45) is 4.07. The number of likely N-dealkylation sites (tertiary alicyclic amines) is 1. The second kappa shape index (κ2) is 6.34. The molecule has 3 rings (SSSR count). The number of carbonyl (C=O) groups excluding carboxylic acids is 1. The molecule has 116 valence electrons. The Morgan fingerprint density at radius 3 is 2.82 bits per heavy atom. The van der Waals surface area contributed by atoms with Crippen molar-refractivity contribution in [3.63, 3.8) is 0 Å². The van der Waals surface area contributed by atoms with Gasteiger partial charge in [0.25, 0.3) is 5.91 Å². The summed E-state index contributed by atoms with van der Waals surface area (Å²) in [5.74, 6) is 0.191. The van der Waals surface area contributed by atoms with Crippen LogP contribution >= 0.6 is 27.7 Å². The number of methoxy groups -OCH3 is 1. The van der Waals surface area contributed by atoms with E-state index in [1.165, 1.54) is 18.9 Å². The molecule has 1 aromatic rings. The van der Waals surface area contributed by atoms with E-state index in [1.807, 2.05) is 0 Å². The first kappa shape index (κ1) is 15.4. The lowest BCUT2D eigenvalue weighted by atomic mass is 10.2. The van der Waals surface area contributed by atoms with Gasteiger partial charge in [-0.3, -0.25) is 4.79 Å². The van der Waals surface area contributed by atoms with Gasteiger partial charge in [-0.2, -0.15) is 4.99 Å². The van der Waals surface area contributed by atoms with Crippen molar-refractivity contribution in [3.8, 4) is 11.5 Å². The van der Waals surface area contributed by atoms with Gasteiger partial charge in [0, 0.05) is 13.1 Å². The molecule has 0 spiro atoms. The molecule has 0 atom stereocenters. The molecule has 0 unspecified atom stereocenters. The van der Waals surface area contributed by atoms with E-state index in [0.717, 1.165) is 36.7 Å². The summed E-state index contributed by atoms with van der Waals surface area (Å²) in [4.78, 5) is 18.9. The van der Waals surface area contributed by atoms with Crippen LogP contribution in [0.15, 0.2) is 26.5 Å². The first-order valence-corrected chi connectivity index (χ1v) is 8.53. The maximum atomic E-state index is 12.1. The van der Waals surface area contributed by atoms with E-state index in [-0.39, 0.29) is 11.7 Å². The Kier molecular flexibility index (Phi) is 4.44. The molecule has 1 aromatic carbocycles. The number of halogens is 1. The van der Waals surface area contributed by atoms with Gasteiger partial charge >= 0.3 is 0 Å². The van der Waals surface area contributed by atoms with E-state index < -0.39 is 0 Å². The van der Waals surface area contributed by atoms with Crippen LogP contribution < -0.4 is 4.74 Å². The monoisotopic (exact) mass is 382 g/mol. The molecule has 22 heavy (non-hydrogen) atoms. The molecule has 1 saturated heterocycles. The number of ether oxygens (including phenoxy) is 1. The standard InChI is InChI=1S/C15H15BrN2O3S/c1-21-11-7-9(6-10(16)13(11)19)8-12-14(20)17-15(22-12)18-4-2-3-5-18/h6-8,19H,2-5H2,1H3/b12-8-. The minimum atomic E-state index is -0.213. The fraction of sp³-hybridized carbons (Fsp3) is 0.333. The van der Waals surface area contributed by atoms with Crippen molar-refractivity contribution in [1.82, 2.24) is 4.90 Å². The second-order valence-corrected chi connectivity index (χ2v) is 6.92. The number of carbonyl (C=O) groups is 1. The average Bonchev–Trinajstić information content (AvgIpc) is 3.13. The molecule has 0 aromatic heterocycles. The highest BCUT2D eigenvalue weighted by Crippen LogP contribution is 2.37. The van der Waals surface area contributed by atoms with Crippen LogP contribution in [-0.2, 0) is 4.79 Å². The summed E-state index contributed by atoms with van der Waals surface area (Å²) in [5, 5.41) is 10.6. The fourth-order valence-corrected chi connectivity index (χ4v) is 3.85. The van der Waals surface area contributed by atoms with E-state index in [9.17, 15) is 9.90 Å². The minimum Gasteiger partial charge on any atom is -0.503 e. The number of hydrogen-bond acceptors (Lipinski definition) is 5. The van der Waals surface area contributed by atoms with Crippen molar-refractivity contribution >= 4 is 44.8 Å². The van der Waals surface area contributed by atoms with Gasteiger partial charge in [-0.1, -0.05) is 0 Å². The largest absolute Gasteiger partial charge is 0.503 e. The molecular weight excluding hydrogens is 368 g/mol. The fourth-order valence-electron chi connectivity index (χ4n) is 2.43. The SMILES string of the molecule is COc1cc(/C=C2\SC(N3CCCC3)=NC2=O)cc(Br)c1O. The first-order chi connectivity index (χ1) is 10.6. The third-order valence-corrected chi connectivity index (χ3v) is 5.20. The Morgan fingerprint density at radius 2 is 2.14 bits per heavy atom. The summed E-state index contributed by atoms with van der Waals surface area (Å²) in [7, 11) is 1.49. The van der Waals surface area contributed by atoms with E-state index in [4.69, 9.17) is 4.74 Å². The number of aliphatic imine (C=N–C) groups is 1. The van der Waals surface area contributed by atoms with Crippen LogP contribution in [0.2, 0.25) is 0 Å². The van der Waals surface area contributed by atoms with Crippen molar-refractivity contribution in [2.24, 2.45) is 4.99 Å².